The summed E-state index contributed by atoms with van der Waals surface area (Å²) in [5, 5.41) is 6.73. The van der Waals surface area contributed by atoms with E-state index in [0.717, 1.165) is 0 Å². The first-order valence-electron chi connectivity index (χ1n) is 2.45. The molecule has 1 aromatic heterocycles. The van der Waals surface area contributed by atoms with Crippen molar-refractivity contribution in [2.24, 2.45) is 5.90 Å². The van der Waals surface area contributed by atoms with Crippen LogP contribution in [0.2, 0.25) is 0 Å². The Kier molecular flexibility index (Phi) is 1.63. The third-order valence-electron chi connectivity index (χ3n) is 0.808. The van der Waals surface area contributed by atoms with E-state index in [1.165, 1.54) is 0 Å². The predicted molar refractivity (Wildman–Crippen MR) is 28.6 cm³/mol. The van der Waals surface area contributed by atoms with Gasteiger partial charge in [-0.05, 0) is 0 Å². The summed E-state index contributed by atoms with van der Waals surface area (Å²) >= 11 is 0. The molecule has 0 unspecified atom stereocenters. The number of hydrogen-bond donors (Lipinski definition) is 1. The lowest BCUT2D eigenvalue weighted by atomic mass is 10.7. The Balaban J connectivity index is 2.85. The standard InChI is InChI=1S/C4H5N3O3/c1-2-6-7-3(9-2)4(8)10-5/h5H2,1H3. The van der Waals surface area contributed by atoms with Gasteiger partial charge in [0, 0.05) is 6.92 Å². The predicted octanol–water partition coefficient (Wildman–Crippen LogP) is -0.591. The van der Waals surface area contributed by atoms with Crippen molar-refractivity contribution in [1.29, 1.82) is 0 Å². The molecule has 1 heterocycles. The Labute approximate surface area is 55.9 Å². The average Bonchev–Trinajstić information content (AvgIpc) is 2.34. The van der Waals surface area contributed by atoms with Crippen molar-refractivity contribution in [3.63, 3.8) is 0 Å². The van der Waals surface area contributed by atoms with Crippen LogP contribution in [-0.2, 0) is 4.84 Å². The third-order valence-corrected chi connectivity index (χ3v) is 0.808. The molecule has 0 aliphatic rings. The van der Waals surface area contributed by atoms with Gasteiger partial charge in [0.25, 0.3) is 0 Å². The molecule has 0 saturated carbocycles. The highest BCUT2D eigenvalue weighted by Gasteiger charge is 2.12. The van der Waals surface area contributed by atoms with Crippen LogP contribution < -0.4 is 5.90 Å². The van der Waals surface area contributed by atoms with E-state index in [0.29, 0.717) is 5.89 Å². The Morgan fingerprint density at radius 2 is 2.40 bits per heavy atom. The molecule has 0 amide bonds. The highest BCUT2D eigenvalue weighted by Crippen LogP contribution is 1.97. The van der Waals surface area contributed by atoms with Gasteiger partial charge in [-0.2, -0.15) is 5.90 Å². The summed E-state index contributed by atoms with van der Waals surface area (Å²) < 4.78 is 4.66. The molecule has 0 bridgehead atoms. The second-order valence-electron chi connectivity index (χ2n) is 1.53. The van der Waals surface area contributed by atoms with Gasteiger partial charge in [0.15, 0.2) is 0 Å². The highest BCUT2D eigenvalue weighted by atomic mass is 16.7. The molecule has 0 aliphatic heterocycles. The van der Waals surface area contributed by atoms with Gasteiger partial charge in [-0.15, -0.1) is 10.2 Å². The minimum atomic E-state index is -0.833. The number of nitrogens with zero attached hydrogens (tertiary/aromatic N) is 2. The van der Waals surface area contributed by atoms with Gasteiger partial charge in [-0.25, -0.2) is 4.79 Å². The van der Waals surface area contributed by atoms with Gasteiger partial charge in [0.05, 0.1) is 0 Å². The molecule has 2 N–H and O–H groups in total. The van der Waals surface area contributed by atoms with E-state index in [4.69, 9.17) is 0 Å². The van der Waals surface area contributed by atoms with Crippen molar-refractivity contribution in [3.8, 4) is 0 Å². The van der Waals surface area contributed by atoms with Crippen LogP contribution in [0.4, 0.5) is 0 Å². The van der Waals surface area contributed by atoms with Gasteiger partial charge in [-0.3, -0.25) is 0 Å². The molecule has 10 heavy (non-hydrogen) atoms. The number of carbonyl (C=O) groups excluding carboxylic acids is 1. The monoisotopic (exact) mass is 143 g/mol. The van der Waals surface area contributed by atoms with E-state index in [9.17, 15) is 4.79 Å². The molecule has 54 valence electrons. The Morgan fingerprint density at radius 3 is 2.80 bits per heavy atom. The number of carbonyl (C=O) groups is 1. The fourth-order valence-corrected chi connectivity index (χ4v) is 0.429. The summed E-state index contributed by atoms with van der Waals surface area (Å²) in [6, 6.07) is 0. The first-order valence-corrected chi connectivity index (χ1v) is 2.45. The zero-order valence-corrected chi connectivity index (χ0v) is 5.20. The zero-order valence-electron chi connectivity index (χ0n) is 5.20. The maximum absolute atomic E-state index is 10.5. The van der Waals surface area contributed by atoms with Crippen molar-refractivity contribution >= 4 is 5.97 Å². The highest BCUT2D eigenvalue weighted by molar-refractivity contribution is 5.83. The van der Waals surface area contributed by atoms with Crippen LogP contribution in [0.15, 0.2) is 4.42 Å². The molecular formula is C4H5N3O3. The summed E-state index contributed by atoms with van der Waals surface area (Å²) in [4.78, 5) is 14.3. The Hall–Kier alpha value is -1.43. The summed E-state index contributed by atoms with van der Waals surface area (Å²) in [5.74, 6) is 3.76. The summed E-state index contributed by atoms with van der Waals surface area (Å²) in [6.07, 6.45) is 0. The lowest BCUT2D eigenvalue weighted by Gasteiger charge is -1.86. The van der Waals surface area contributed by atoms with Crippen LogP contribution in [0.3, 0.4) is 0 Å². The smallest absolute Gasteiger partial charge is 0.414 e. The average molecular weight is 143 g/mol. The molecule has 0 spiro atoms. The van der Waals surface area contributed by atoms with Gasteiger partial charge in [-0.1, -0.05) is 0 Å². The Morgan fingerprint density at radius 1 is 1.70 bits per heavy atom. The molecule has 0 aliphatic carbocycles. The normalized spacial score (nSPS) is 9.40. The topological polar surface area (TPSA) is 91.2 Å². The van der Waals surface area contributed by atoms with Crippen molar-refractivity contribution in [2.45, 2.75) is 6.92 Å². The van der Waals surface area contributed by atoms with E-state index in [1.807, 2.05) is 0 Å². The lowest BCUT2D eigenvalue weighted by Crippen LogP contribution is -2.10. The van der Waals surface area contributed by atoms with Crippen LogP contribution >= 0.6 is 0 Å². The molecule has 6 nitrogen and oxygen atoms in total. The number of nitrogens with two attached hydrogens (primary N) is 1. The van der Waals surface area contributed by atoms with E-state index in [2.05, 4.69) is 25.3 Å². The fraction of sp³-hybridized carbons (Fsp3) is 0.250. The minimum Gasteiger partial charge on any atom is -0.416 e. The first-order chi connectivity index (χ1) is 4.74. The van der Waals surface area contributed by atoms with Gasteiger partial charge >= 0.3 is 11.9 Å². The molecule has 0 fully saturated rings. The van der Waals surface area contributed by atoms with Crippen LogP contribution in [0.25, 0.3) is 0 Å². The van der Waals surface area contributed by atoms with Crippen molar-refractivity contribution < 1.29 is 14.0 Å². The molecule has 1 aromatic rings. The molecule has 6 heteroatoms. The van der Waals surface area contributed by atoms with E-state index >= 15 is 0 Å². The van der Waals surface area contributed by atoms with E-state index < -0.39 is 5.97 Å². The van der Waals surface area contributed by atoms with Gasteiger partial charge < -0.3 is 9.25 Å². The maximum atomic E-state index is 10.5. The summed E-state index contributed by atoms with van der Waals surface area (Å²) in [5.41, 5.74) is 0. The van der Waals surface area contributed by atoms with E-state index in [1.54, 1.807) is 6.92 Å². The van der Waals surface area contributed by atoms with Crippen LogP contribution in [0.1, 0.15) is 16.6 Å². The molecule has 1 rings (SSSR count). The Bertz CT molecular complexity index is 244. The largest absolute Gasteiger partial charge is 0.416 e. The zero-order chi connectivity index (χ0) is 7.56. The SMILES string of the molecule is Cc1nnc(C(=O)ON)o1. The number of rotatable bonds is 1. The van der Waals surface area contributed by atoms with E-state index in [-0.39, 0.29) is 5.89 Å². The quantitative estimate of drug-likeness (QED) is 0.528. The van der Waals surface area contributed by atoms with Crippen LogP contribution in [0.5, 0.6) is 0 Å². The summed E-state index contributed by atoms with van der Waals surface area (Å²) in [6.45, 7) is 1.56. The van der Waals surface area contributed by atoms with Crippen LogP contribution in [0, 0.1) is 6.92 Å². The molecule has 0 saturated heterocycles. The second kappa shape index (κ2) is 2.44. The maximum Gasteiger partial charge on any atom is 0.414 e. The van der Waals surface area contributed by atoms with Crippen molar-refractivity contribution in [2.75, 3.05) is 0 Å². The number of aromatic nitrogens is 2. The van der Waals surface area contributed by atoms with Crippen molar-refractivity contribution in [1.82, 2.24) is 10.2 Å². The molecule has 0 atom stereocenters. The minimum absolute atomic E-state index is 0.236. The van der Waals surface area contributed by atoms with Gasteiger partial charge in [0.1, 0.15) is 0 Å². The summed E-state index contributed by atoms with van der Waals surface area (Å²) in [7, 11) is 0. The third kappa shape index (κ3) is 1.11. The van der Waals surface area contributed by atoms with Crippen molar-refractivity contribution in [3.05, 3.63) is 11.8 Å². The fourth-order valence-electron chi connectivity index (χ4n) is 0.429. The number of hydrogen-bond acceptors (Lipinski definition) is 6. The molecule has 0 radical (unpaired) electrons. The number of aryl methyl sites for hydroxylation is 1. The molecule has 0 aromatic carbocycles. The first kappa shape index (κ1) is 6.69. The van der Waals surface area contributed by atoms with Crippen LogP contribution in [-0.4, -0.2) is 16.2 Å². The second-order valence-corrected chi connectivity index (χ2v) is 1.53. The molecular weight excluding hydrogens is 138 g/mol. The van der Waals surface area contributed by atoms with Gasteiger partial charge in [0.2, 0.25) is 5.89 Å². The lowest BCUT2D eigenvalue weighted by molar-refractivity contribution is 0.0456.